The van der Waals surface area contributed by atoms with Crippen molar-refractivity contribution in [2.75, 3.05) is 6.61 Å². The number of halogens is 2. The summed E-state index contributed by atoms with van der Waals surface area (Å²) in [7, 11) is 1.60. The number of rotatable bonds is 9. The van der Waals surface area contributed by atoms with Crippen LogP contribution in [0.4, 0.5) is 8.78 Å². The van der Waals surface area contributed by atoms with Crippen molar-refractivity contribution in [2.45, 2.75) is 64.4 Å². The second kappa shape index (κ2) is 11.0. The van der Waals surface area contributed by atoms with Gasteiger partial charge in [0.15, 0.2) is 17.4 Å². The highest BCUT2D eigenvalue weighted by Gasteiger charge is 2.27. The fourth-order valence-corrected chi connectivity index (χ4v) is 4.34. The number of hydrogen-bond donors (Lipinski definition) is 1. The first kappa shape index (κ1) is 24.9. The minimum Gasteiger partial charge on any atom is -0.486 e. The van der Waals surface area contributed by atoms with Gasteiger partial charge in [0.1, 0.15) is 23.7 Å². The Morgan fingerprint density at radius 2 is 1.86 bits per heavy atom. The molecule has 1 aliphatic carbocycles. The van der Waals surface area contributed by atoms with Crippen molar-refractivity contribution >= 4 is 16.9 Å². The highest BCUT2D eigenvalue weighted by molar-refractivity contribution is 5.80. The van der Waals surface area contributed by atoms with E-state index in [2.05, 4.69) is 10.3 Å². The van der Waals surface area contributed by atoms with Gasteiger partial charge in [-0.1, -0.05) is 30.3 Å². The zero-order chi connectivity index (χ0) is 24.9. The second-order valence-electron chi connectivity index (χ2n) is 9.05. The molecule has 2 aromatic carbocycles. The van der Waals surface area contributed by atoms with Crippen LogP contribution in [-0.2, 0) is 23.2 Å². The summed E-state index contributed by atoms with van der Waals surface area (Å²) in [5.74, 6) is -1.59. The van der Waals surface area contributed by atoms with Crippen molar-refractivity contribution in [3.05, 3.63) is 53.6 Å². The highest BCUT2D eigenvalue weighted by Crippen LogP contribution is 2.33. The molecule has 1 aliphatic rings. The number of benzene rings is 2. The van der Waals surface area contributed by atoms with Crippen molar-refractivity contribution in [2.24, 2.45) is 7.05 Å². The third kappa shape index (κ3) is 6.08. The molecular formula is C26H31F2N3O4. The number of nitrogens with zero attached hydrogens (tertiary/aromatic N) is 2. The summed E-state index contributed by atoms with van der Waals surface area (Å²) in [4.78, 5) is 15.4. The van der Waals surface area contributed by atoms with Gasteiger partial charge >= 0.3 is 0 Å². The first-order valence-electron chi connectivity index (χ1n) is 11.9. The van der Waals surface area contributed by atoms with Gasteiger partial charge in [0.25, 0.3) is 6.01 Å². The number of ether oxygens (including phenoxy) is 3. The molecule has 1 atom stereocenters. The smallest absolute Gasteiger partial charge is 0.297 e. The average molecular weight is 488 g/mol. The fraction of sp³-hybridized carbons (Fsp3) is 0.462. The summed E-state index contributed by atoms with van der Waals surface area (Å²) in [6, 6.07) is 10.4. The molecule has 1 N–H and O–H groups in total. The van der Waals surface area contributed by atoms with E-state index in [-0.39, 0.29) is 53.6 Å². The van der Waals surface area contributed by atoms with E-state index in [1.54, 1.807) is 7.05 Å². The molecule has 0 bridgehead atoms. The summed E-state index contributed by atoms with van der Waals surface area (Å²) >= 11 is 0. The lowest BCUT2D eigenvalue weighted by molar-refractivity contribution is -0.120. The molecule has 3 aromatic rings. The summed E-state index contributed by atoms with van der Waals surface area (Å²) in [6.45, 7) is 3.96. The molecule has 9 heteroatoms. The molecule has 1 aromatic heterocycles. The van der Waals surface area contributed by atoms with Crippen molar-refractivity contribution < 1.29 is 27.8 Å². The van der Waals surface area contributed by atoms with Crippen LogP contribution in [0, 0.1) is 11.6 Å². The van der Waals surface area contributed by atoms with Gasteiger partial charge in [-0.2, -0.15) is 4.98 Å². The molecule has 4 rings (SSSR count). The van der Waals surface area contributed by atoms with Gasteiger partial charge in [0.05, 0.1) is 12.7 Å². The van der Waals surface area contributed by atoms with E-state index < -0.39 is 11.6 Å². The summed E-state index contributed by atoms with van der Waals surface area (Å²) in [6.07, 6.45) is 3.02. The predicted molar refractivity (Wildman–Crippen MR) is 127 cm³/mol. The lowest BCUT2D eigenvalue weighted by Crippen LogP contribution is -2.37. The zero-order valence-electron chi connectivity index (χ0n) is 20.2. The number of aryl methyl sites for hydroxylation is 1. The third-order valence-corrected chi connectivity index (χ3v) is 6.12. The minimum absolute atomic E-state index is 0.00652. The molecule has 1 fully saturated rings. The van der Waals surface area contributed by atoms with E-state index in [1.807, 2.05) is 37.3 Å². The average Bonchev–Trinajstić information content (AvgIpc) is 3.17. The lowest BCUT2D eigenvalue weighted by Gasteiger charge is -2.29. The Bertz CT molecular complexity index is 1160. The second-order valence-corrected chi connectivity index (χ2v) is 9.05. The lowest BCUT2D eigenvalue weighted by atomic mass is 9.95. The zero-order valence-corrected chi connectivity index (χ0v) is 20.2. The van der Waals surface area contributed by atoms with Crippen molar-refractivity contribution in [1.29, 1.82) is 0 Å². The predicted octanol–water partition coefficient (Wildman–Crippen LogP) is 4.66. The molecule has 1 heterocycles. The molecule has 1 amide bonds. The monoisotopic (exact) mass is 487 g/mol. The quantitative estimate of drug-likeness (QED) is 0.475. The van der Waals surface area contributed by atoms with Gasteiger partial charge < -0.3 is 19.5 Å². The van der Waals surface area contributed by atoms with E-state index in [0.29, 0.717) is 6.61 Å². The highest BCUT2D eigenvalue weighted by atomic mass is 19.1. The molecule has 0 radical (unpaired) electrons. The van der Waals surface area contributed by atoms with Crippen LogP contribution < -0.4 is 14.8 Å². The molecular weight excluding hydrogens is 456 g/mol. The SMILES string of the molecule is CC(=O)N[C@@H](C)COC1CCC(Oc2nc3c(F)cc(OCc4ccccc4)c(F)c3n2C)CC1. The van der Waals surface area contributed by atoms with Crippen molar-refractivity contribution in [3.8, 4) is 11.8 Å². The normalized spacial score (nSPS) is 18.9. The standard InChI is InChI=1S/C26H31F2N3O4/c1-16(29-17(2)32)14-33-19-9-11-20(12-10-19)35-26-30-24-21(27)13-22(23(28)25(24)31(26)3)34-15-18-7-5-4-6-8-18/h4-8,13,16,19-20H,9-12,14-15H2,1-3H3,(H,29,32)/t16-,19?,20?/m0/s1. The molecule has 35 heavy (non-hydrogen) atoms. The molecule has 0 unspecified atom stereocenters. The largest absolute Gasteiger partial charge is 0.486 e. The number of carbonyl (C=O) groups excluding carboxylic acids is 1. The van der Waals surface area contributed by atoms with Gasteiger partial charge in [-0.05, 0) is 38.2 Å². The summed E-state index contributed by atoms with van der Waals surface area (Å²) in [5, 5.41) is 2.80. The molecule has 188 valence electrons. The Balaban J connectivity index is 1.39. The van der Waals surface area contributed by atoms with Gasteiger partial charge in [0, 0.05) is 26.1 Å². The van der Waals surface area contributed by atoms with Crippen LogP contribution in [0.2, 0.25) is 0 Å². The number of amides is 1. The number of imidazole rings is 1. The Morgan fingerprint density at radius 1 is 1.17 bits per heavy atom. The molecule has 0 saturated heterocycles. The maximum absolute atomic E-state index is 15.2. The van der Waals surface area contributed by atoms with Crippen LogP contribution >= 0.6 is 0 Å². The van der Waals surface area contributed by atoms with Gasteiger partial charge in [-0.25, -0.2) is 8.78 Å². The van der Waals surface area contributed by atoms with E-state index in [9.17, 15) is 9.18 Å². The van der Waals surface area contributed by atoms with Crippen molar-refractivity contribution in [1.82, 2.24) is 14.9 Å². The summed E-state index contributed by atoms with van der Waals surface area (Å²) in [5.41, 5.74) is 0.772. The van der Waals surface area contributed by atoms with E-state index in [0.717, 1.165) is 37.3 Å². The number of hydrogen-bond acceptors (Lipinski definition) is 5. The number of fused-ring (bicyclic) bond motifs is 1. The van der Waals surface area contributed by atoms with Crippen molar-refractivity contribution in [3.63, 3.8) is 0 Å². The summed E-state index contributed by atoms with van der Waals surface area (Å²) < 4.78 is 49.0. The van der Waals surface area contributed by atoms with E-state index in [4.69, 9.17) is 14.2 Å². The Labute approximate surface area is 203 Å². The van der Waals surface area contributed by atoms with Gasteiger partial charge in [-0.15, -0.1) is 0 Å². The Hall–Kier alpha value is -3.20. The molecule has 1 saturated carbocycles. The van der Waals surface area contributed by atoms with Gasteiger partial charge in [0.2, 0.25) is 5.91 Å². The molecule has 7 nitrogen and oxygen atoms in total. The first-order chi connectivity index (χ1) is 16.8. The van der Waals surface area contributed by atoms with Crippen LogP contribution in [0.1, 0.15) is 45.1 Å². The van der Waals surface area contributed by atoms with Crippen LogP contribution in [-0.4, -0.2) is 40.3 Å². The van der Waals surface area contributed by atoms with E-state index >= 15 is 4.39 Å². The number of aromatic nitrogens is 2. The topological polar surface area (TPSA) is 74.6 Å². The molecule has 0 spiro atoms. The Morgan fingerprint density at radius 3 is 2.54 bits per heavy atom. The van der Waals surface area contributed by atoms with Crippen LogP contribution in [0.25, 0.3) is 11.0 Å². The van der Waals surface area contributed by atoms with Gasteiger partial charge in [-0.3, -0.25) is 9.36 Å². The van der Waals surface area contributed by atoms with Crippen LogP contribution in [0.5, 0.6) is 11.8 Å². The number of nitrogens with one attached hydrogen (secondary N) is 1. The first-order valence-corrected chi connectivity index (χ1v) is 11.9. The third-order valence-electron chi connectivity index (χ3n) is 6.12. The van der Waals surface area contributed by atoms with Crippen LogP contribution in [0.15, 0.2) is 36.4 Å². The fourth-order valence-electron chi connectivity index (χ4n) is 4.34. The maximum atomic E-state index is 15.2. The van der Waals surface area contributed by atoms with E-state index in [1.165, 1.54) is 11.5 Å². The Kier molecular flexibility index (Phi) is 7.85. The number of carbonyl (C=O) groups is 1. The van der Waals surface area contributed by atoms with Crippen LogP contribution in [0.3, 0.4) is 0 Å². The molecule has 0 aliphatic heterocycles. The maximum Gasteiger partial charge on any atom is 0.297 e. The minimum atomic E-state index is -0.674.